The van der Waals surface area contributed by atoms with Crippen LogP contribution in [0, 0.1) is 33.8 Å². The predicted molar refractivity (Wildman–Crippen MR) is 181 cm³/mol. The van der Waals surface area contributed by atoms with E-state index in [1.54, 1.807) is 32.8 Å². The van der Waals surface area contributed by atoms with Crippen LogP contribution < -0.4 is 15.5 Å². The van der Waals surface area contributed by atoms with Crippen molar-refractivity contribution in [3.8, 4) is 27.2 Å². The van der Waals surface area contributed by atoms with Gasteiger partial charge in [0, 0.05) is 55.7 Å². The first-order chi connectivity index (χ1) is 21.8. The number of pyridine rings is 2. The number of thioether (sulfide) groups is 2. The van der Waals surface area contributed by atoms with Gasteiger partial charge in [-0.3, -0.25) is 29.4 Å². The Morgan fingerprint density at radius 2 is 1.30 bits per heavy atom. The zero-order valence-corrected chi connectivity index (χ0v) is 29.2. The predicted octanol–water partition coefficient (Wildman–Crippen LogP) is 4.62. The Morgan fingerprint density at radius 1 is 0.848 bits per heavy atom. The van der Waals surface area contributed by atoms with Crippen LogP contribution in [0.2, 0.25) is 0 Å². The van der Waals surface area contributed by atoms with Gasteiger partial charge in [-0.15, -0.1) is 20.4 Å². The minimum atomic E-state index is -1.14. The first-order valence-electron chi connectivity index (χ1n) is 13.4. The molecule has 46 heavy (non-hydrogen) atoms. The van der Waals surface area contributed by atoms with Gasteiger partial charge in [0.1, 0.15) is 17.0 Å². The lowest BCUT2D eigenvalue weighted by Gasteiger charge is -2.29. The average Bonchev–Trinajstić information content (AvgIpc) is 3.75. The van der Waals surface area contributed by atoms with E-state index in [1.165, 1.54) is 57.4 Å². The second-order valence-corrected chi connectivity index (χ2v) is 14.0. The summed E-state index contributed by atoms with van der Waals surface area (Å²) in [6, 6.07) is 4.69. The van der Waals surface area contributed by atoms with E-state index in [9.17, 15) is 23.6 Å². The van der Waals surface area contributed by atoms with Crippen LogP contribution in [0.5, 0.6) is 0 Å². The molecule has 0 aliphatic rings. The number of carbonyl (C=O) groups excluding carboxylic acids is 2. The average molecular weight is 707 g/mol. The molecule has 0 saturated heterocycles. The van der Waals surface area contributed by atoms with Gasteiger partial charge in [0.05, 0.1) is 23.9 Å². The first-order valence-corrected chi connectivity index (χ1v) is 17.8. The number of aromatic nitrogens is 6. The number of anilines is 2. The van der Waals surface area contributed by atoms with Crippen LogP contribution in [0.1, 0.15) is 13.8 Å². The van der Waals surface area contributed by atoms with Gasteiger partial charge in [-0.05, 0) is 38.5 Å². The molecule has 244 valence electrons. The molecule has 4 heterocycles. The molecule has 4 aromatic rings. The minimum absolute atomic E-state index is 0.116. The van der Waals surface area contributed by atoms with Crippen LogP contribution >= 0.6 is 46.2 Å². The highest BCUT2D eigenvalue weighted by Crippen LogP contribution is 2.33. The van der Waals surface area contributed by atoms with E-state index in [2.05, 4.69) is 36.4 Å². The largest absolute Gasteiger partial charge is 0.329 e. The van der Waals surface area contributed by atoms with Gasteiger partial charge in [0.25, 0.3) is 0 Å². The second kappa shape index (κ2) is 16.3. The van der Waals surface area contributed by atoms with Crippen LogP contribution in [0.15, 0.2) is 36.9 Å². The Morgan fingerprint density at radius 3 is 1.70 bits per heavy atom. The molecule has 2 unspecified atom stereocenters. The summed E-state index contributed by atoms with van der Waals surface area (Å²) >= 11 is 5.33. The summed E-state index contributed by atoms with van der Waals surface area (Å²) in [6.45, 7) is 3.68. The number of rotatable bonds is 11. The number of nitrogens with two attached hydrogens (primary N) is 1. The Labute approximate surface area is 281 Å². The molecule has 0 aromatic carbocycles. The summed E-state index contributed by atoms with van der Waals surface area (Å²) < 4.78 is 26.5. The van der Waals surface area contributed by atoms with Crippen molar-refractivity contribution in [2.75, 3.05) is 54.5 Å². The maximum Gasteiger partial charge on any atom is 0.249 e. The molecule has 2 N–H and O–H groups in total. The summed E-state index contributed by atoms with van der Waals surface area (Å²) in [5.41, 5.74) is 4.99. The first kappa shape index (κ1) is 36.8. The molecule has 18 heteroatoms. The molecule has 0 saturated carbocycles. The normalized spacial score (nSPS) is 13.4. The third kappa shape index (κ3) is 8.79. The Kier molecular flexibility index (Phi) is 13.0. The van der Waals surface area contributed by atoms with E-state index in [0.29, 0.717) is 42.9 Å². The van der Waals surface area contributed by atoms with E-state index < -0.39 is 22.5 Å². The van der Waals surface area contributed by atoms with Crippen LogP contribution in [0.25, 0.3) is 21.1 Å². The highest BCUT2D eigenvalue weighted by molar-refractivity contribution is 7.98. The summed E-state index contributed by atoms with van der Waals surface area (Å²) in [4.78, 5) is 35.6. The maximum atomic E-state index is 13.2. The van der Waals surface area contributed by atoms with Gasteiger partial charge < -0.3 is 5.73 Å². The molecular weight excluding hydrogens is 675 g/mol. The van der Waals surface area contributed by atoms with Gasteiger partial charge in [-0.1, -0.05) is 22.7 Å². The number of halogens is 2. The molecule has 4 aromatic heterocycles. The smallest absolute Gasteiger partial charge is 0.249 e. The van der Waals surface area contributed by atoms with Crippen LogP contribution in [-0.2, 0) is 9.59 Å². The molecule has 12 nitrogen and oxygen atoms in total. The van der Waals surface area contributed by atoms with E-state index >= 15 is 0 Å². The van der Waals surface area contributed by atoms with Crippen molar-refractivity contribution >= 4 is 68.3 Å². The Bertz CT molecular complexity index is 1700. The minimum Gasteiger partial charge on any atom is -0.329 e. The SMILES string of the molecule is CSCC(C)(C#N)C(=O)N(C)c1nnc(-c2cncc(F)c2)s1.CSCC(C)(CN)C(=O)N(C)c1nnc(-c2cncc(F)c2)s1. The number of hydrogen-bond donors (Lipinski definition) is 1. The zero-order valence-electron chi connectivity index (χ0n) is 25.9. The van der Waals surface area contributed by atoms with E-state index in [-0.39, 0.29) is 18.4 Å². The lowest BCUT2D eigenvalue weighted by Crippen LogP contribution is -2.46. The number of amides is 2. The third-order valence-corrected chi connectivity index (χ3v) is 10.4. The van der Waals surface area contributed by atoms with Crippen molar-refractivity contribution in [2.45, 2.75) is 13.8 Å². The summed E-state index contributed by atoms with van der Waals surface area (Å²) in [6.07, 6.45) is 8.97. The topological polar surface area (TPSA) is 168 Å². The van der Waals surface area contributed by atoms with Gasteiger partial charge in [0.15, 0.2) is 10.0 Å². The van der Waals surface area contributed by atoms with Gasteiger partial charge in [-0.2, -0.15) is 28.8 Å². The molecule has 0 radical (unpaired) electrons. The van der Waals surface area contributed by atoms with Gasteiger partial charge in [0.2, 0.25) is 22.1 Å². The molecule has 0 aliphatic carbocycles. The quantitative estimate of drug-likeness (QED) is 0.230. The molecule has 0 aliphatic heterocycles. The molecule has 4 rings (SSSR count). The maximum absolute atomic E-state index is 13.2. The number of nitriles is 1. The number of hydrogen-bond acceptors (Lipinski definition) is 14. The molecule has 0 spiro atoms. The Balaban J connectivity index is 0.000000250. The van der Waals surface area contributed by atoms with Gasteiger partial charge in [-0.25, -0.2) is 8.78 Å². The van der Waals surface area contributed by atoms with Crippen molar-refractivity contribution in [1.82, 2.24) is 30.4 Å². The summed E-state index contributed by atoms with van der Waals surface area (Å²) in [5, 5.41) is 27.0. The van der Waals surface area contributed by atoms with E-state index in [4.69, 9.17) is 5.73 Å². The fourth-order valence-electron chi connectivity index (χ4n) is 3.90. The lowest BCUT2D eigenvalue weighted by molar-refractivity contribution is -0.125. The Hall–Kier alpha value is -3.63. The molecule has 2 atom stereocenters. The molecule has 2 amide bonds. The second-order valence-electron chi connectivity index (χ2n) is 10.4. The number of carbonyl (C=O) groups is 2. The van der Waals surface area contributed by atoms with Crippen LogP contribution in [0.4, 0.5) is 19.0 Å². The summed E-state index contributed by atoms with van der Waals surface area (Å²) in [5.74, 6) is -0.387. The lowest BCUT2D eigenvalue weighted by atomic mass is 9.92. The molecular formula is C28H32F2N10O2S4. The van der Waals surface area contributed by atoms with E-state index in [1.807, 2.05) is 19.4 Å². The van der Waals surface area contributed by atoms with Crippen LogP contribution in [-0.4, -0.2) is 86.8 Å². The zero-order chi connectivity index (χ0) is 34.1. The number of nitrogens with zero attached hydrogens (tertiary/aromatic N) is 9. The van der Waals surface area contributed by atoms with Crippen molar-refractivity contribution in [3.63, 3.8) is 0 Å². The van der Waals surface area contributed by atoms with E-state index in [0.717, 1.165) is 23.7 Å². The standard InChI is InChI=1S/C14H18FN5OS2.C14H14FN5OS2/c2*1-14(7-16,8-22-3)12(21)20(2)13-19-18-11(23-13)9-4-10(15)6-17-5-9/h4-6H,7-8,16H2,1-3H3;4-6H,8H2,1-3H3. The van der Waals surface area contributed by atoms with Crippen molar-refractivity contribution in [3.05, 3.63) is 48.6 Å². The highest BCUT2D eigenvalue weighted by Gasteiger charge is 2.37. The monoisotopic (exact) mass is 706 g/mol. The van der Waals surface area contributed by atoms with Crippen molar-refractivity contribution in [1.29, 1.82) is 5.26 Å². The third-order valence-electron chi connectivity index (χ3n) is 6.50. The fourth-order valence-corrected chi connectivity index (χ4v) is 7.11. The van der Waals surface area contributed by atoms with Crippen LogP contribution in [0.3, 0.4) is 0 Å². The highest BCUT2D eigenvalue weighted by atomic mass is 32.2. The van der Waals surface area contributed by atoms with Crippen molar-refractivity contribution < 1.29 is 18.4 Å². The molecule has 0 fully saturated rings. The van der Waals surface area contributed by atoms with Crippen molar-refractivity contribution in [2.24, 2.45) is 16.6 Å². The summed E-state index contributed by atoms with van der Waals surface area (Å²) in [7, 11) is 3.19. The van der Waals surface area contributed by atoms with Gasteiger partial charge >= 0.3 is 0 Å². The fraction of sp³-hybridized carbons (Fsp3) is 0.393. The molecule has 0 bridgehead atoms.